The van der Waals surface area contributed by atoms with Gasteiger partial charge >= 0.3 is 0 Å². The van der Waals surface area contributed by atoms with Crippen LogP contribution in [-0.4, -0.2) is 75.8 Å². The van der Waals surface area contributed by atoms with E-state index in [1.165, 1.54) is 0 Å². The topological polar surface area (TPSA) is 54.0 Å². The molecule has 0 aromatic carbocycles. The van der Waals surface area contributed by atoms with Crippen molar-refractivity contribution in [2.75, 3.05) is 53.6 Å². The van der Waals surface area contributed by atoms with E-state index in [1.54, 1.807) is 14.2 Å². The number of aliphatic hydroxyl groups is 1. The highest BCUT2D eigenvalue weighted by Gasteiger charge is 2.20. The van der Waals surface area contributed by atoms with Crippen LogP contribution in [0.15, 0.2) is 0 Å². The van der Waals surface area contributed by atoms with Gasteiger partial charge < -0.3 is 19.9 Å². The van der Waals surface area contributed by atoms with E-state index in [-0.39, 0.29) is 6.10 Å². The van der Waals surface area contributed by atoms with Crippen LogP contribution in [0, 0.1) is 0 Å². The van der Waals surface area contributed by atoms with Crippen LogP contribution in [-0.2, 0) is 9.47 Å². The summed E-state index contributed by atoms with van der Waals surface area (Å²) >= 11 is 0. The molecule has 2 N–H and O–H groups in total. The second kappa shape index (κ2) is 8.83. The molecule has 1 rings (SSSR count). The predicted octanol–water partition coefficient (Wildman–Crippen LogP) is -0.306. The maximum Gasteiger partial charge on any atom is 0.0791 e. The van der Waals surface area contributed by atoms with Crippen molar-refractivity contribution in [2.45, 2.75) is 25.0 Å². The molecule has 5 nitrogen and oxygen atoms in total. The first-order valence-corrected chi connectivity index (χ1v) is 6.39. The van der Waals surface area contributed by atoms with E-state index in [2.05, 4.69) is 10.2 Å². The lowest BCUT2D eigenvalue weighted by Crippen LogP contribution is -2.45. The molecule has 2 atom stereocenters. The third-order valence-corrected chi connectivity index (χ3v) is 3.13. The number of nitrogens with one attached hydrogen (secondary N) is 1. The number of hydrogen-bond donors (Lipinski definition) is 2. The van der Waals surface area contributed by atoms with Crippen molar-refractivity contribution in [3.05, 3.63) is 0 Å². The molecule has 1 saturated heterocycles. The summed E-state index contributed by atoms with van der Waals surface area (Å²) in [7, 11) is 3.44. The van der Waals surface area contributed by atoms with Gasteiger partial charge in [0.25, 0.3) is 0 Å². The standard InChI is InChI=1S/C12H26N2O3/c1-16-7-5-13-8-11(15)9-14-6-3-4-12(10-14)17-2/h11-13,15H,3-10H2,1-2H3. The normalized spacial score (nSPS) is 23.8. The molecule has 0 spiro atoms. The zero-order chi connectivity index (χ0) is 12.5. The molecule has 102 valence electrons. The van der Waals surface area contributed by atoms with Crippen LogP contribution >= 0.6 is 0 Å². The van der Waals surface area contributed by atoms with Gasteiger partial charge in [-0.1, -0.05) is 0 Å². The Labute approximate surface area is 104 Å². The monoisotopic (exact) mass is 246 g/mol. The Morgan fingerprint density at radius 2 is 2.29 bits per heavy atom. The molecular formula is C12H26N2O3. The van der Waals surface area contributed by atoms with E-state index in [0.29, 0.717) is 19.3 Å². The molecule has 0 bridgehead atoms. The van der Waals surface area contributed by atoms with Crippen molar-refractivity contribution < 1.29 is 14.6 Å². The predicted molar refractivity (Wildman–Crippen MR) is 67.2 cm³/mol. The minimum absolute atomic E-state index is 0.317. The Morgan fingerprint density at radius 3 is 3.00 bits per heavy atom. The zero-order valence-electron chi connectivity index (χ0n) is 11.0. The highest BCUT2D eigenvalue weighted by molar-refractivity contribution is 4.75. The first-order valence-electron chi connectivity index (χ1n) is 6.39. The van der Waals surface area contributed by atoms with Crippen molar-refractivity contribution in [3.63, 3.8) is 0 Å². The highest BCUT2D eigenvalue weighted by Crippen LogP contribution is 2.12. The van der Waals surface area contributed by atoms with Gasteiger partial charge in [0.15, 0.2) is 0 Å². The van der Waals surface area contributed by atoms with Crippen molar-refractivity contribution in [1.82, 2.24) is 10.2 Å². The van der Waals surface area contributed by atoms with Gasteiger partial charge in [0.05, 0.1) is 18.8 Å². The maximum absolute atomic E-state index is 9.87. The minimum Gasteiger partial charge on any atom is -0.390 e. The number of methoxy groups -OCH3 is 2. The maximum atomic E-state index is 9.87. The van der Waals surface area contributed by atoms with Crippen LogP contribution in [0.2, 0.25) is 0 Å². The number of ether oxygens (including phenoxy) is 2. The van der Waals surface area contributed by atoms with Crippen LogP contribution in [0.4, 0.5) is 0 Å². The summed E-state index contributed by atoms with van der Waals surface area (Å²) in [5.41, 5.74) is 0. The number of aliphatic hydroxyl groups excluding tert-OH is 1. The van der Waals surface area contributed by atoms with Gasteiger partial charge in [-0.15, -0.1) is 0 Å². The summed E-state index contributed by atoms with van der Waals surface area (Å²) in [6.45, 7) is 4.81. The van der Waals surface area contributed by atoms with Crippen LogP contribution in [0.25, 0.3) is 0 Å². The second-order valence-corrected chi connectivity index (χ2v) is 4.61. The largest absolute Gasteiger partial charge is 0.390 e. The lowest BCUT2D eigenvalue weighted by atomic mass is 10.1. The molecule has 0 aromatic heterocycles. The summed E-state index contributed by atoms with van der Waals surface area (Å²) in [6.07, 6.45) is 2.30. The molecule has 5 heteroatoms. The van der Waals surface area contributed by atoms with E-state index < -0.39 is 0 Å². The number of hydrogen-bond acceptors (Lipinski definition) is 5. The Bertz CT molecular complexity index is 193. The van der Waals surface area contributed by atoms with Crippen molar-refractivity contribution in [3.8, 4) is 0 Å². The van der Waals surface area contributed by atoms with E-state index in [0.717, 1.165) is 39.0 Å². The zero-order valence-corrected chi connectivity index (χ0v) is 11.0. The van der Waals surface area contributed by atoms with Crippen molar-refractivity contribution in [1.29, 1.82) is 0 Å². The third kappa shape index (κ3) is 6.33. The van der Waals surface area contributed by atoms with E-state index >= 15 is 0 Å². The smallest absolute Gasteiger partial charge is 0.0791 e. The Morgan fingerprint density at radius 1 is 1.47 bits per heavy atom. The molecule has 0 radical (unpaired) electrons. The molecule has 17 heavy (non-hydrogen) atoms. The van der Waals surface area contributed by atoms with Crippen molar-refractivity contribution in [2.24, 2.45) is 0 Å². The van der Waals surface area contributed by atoms with E-state index in [4.69, 9.17) is 9.47 Å². The van der Waals surface area contributed by atoms with Gasteiger partial charge in [0, 0.05) is 40.4 Å². The molecule has 0 aliphatic carbocycles. The molecule has 2 unspecified atom stereocenters. The molecule has 1 heterocycles. The van der Waals surface area contributed by atoms with Gasteiger partial charge in [0.1, 0.15) is 0 Å². The summed E-state index contributed by atoms with van der Waals surface area (Å²) in [5.74, 6) is 0. The quantitative estimate of drug-likeness (QED) is 0.576. The van der Waals surface area contributed by atoms with E-state index in [9.17, 15) is 5.11 Å². The molecule has 0 saturated carbocycles. The third-order valence-electron chi connectivity index (χ3n) is 3.13. The van der Waals surface area contributed by atoms with Gasteiger partial charge in [-0.25, -0.2) is 0 Å². The lowest BCUT2D eigenvalue weighted by molar-refractivity contribution is 0.0131. The average molecular weight is 246 g/mol. The van der Waals surface area contributed by atoms with Crippen LogP contribution in [0.1, 0.15) is 12.8 Å². The molecular weight excluding hydrogens is 220 g/mol. The first kappa shape index (κ1) is 14.9. The van der Waals surface area contributed by atoms with Gasteiger partial charge in [-0.05, 0) is 19.4 Å². The molecule has 0 amide bonds. The number of likely N-dealkylation sites (tertiary alicyclic amines) is 1. The Balaban J connectivity index is 2.10. The average Bonchev–Trinajstić information content (AvgIpc) is 2.35. The number of piperidine rings is 1. The van der Waals surface area contributed by atoms with Gasteiger partial charge in [-0.2, -0.15) is 0 Å². The number of rotatable bonds is 8. The Kier molecular flexibility index (Phi) is 7.72. The van der Waals surface area contributed by atoms with Crippen LogP contribution in [0.5, 0.6) is 0 Å². The van der Waals surface area contributed by atoms with Crippen LogP contribution in [0.3, 0.4) is 0 Å². The minimum atomic E-state index is -0.317. The first-order chi connectivity index (χ1) is 8.26. The lowest BCUT2D eigenvalue weighted by Gasteiger charge is -2.33. The number of β-amino-alcohol motifs (C(OH)–C–C–N with tert-alkyl or cyclic N) is 1. The molecule has 1 aliphatic heterocycles. The fourth-order valence-electron chi connectivity index (χ4n) is 2.18. The molecule has 1 aliphatic rings. The van der Waals surface area contributed by atoms with Gasteiger partial charge in [-0.3, -0.25) is 4.90 Å². The van der Waals surface area contributed by atoms with Crippen molar-refractivity contribution >= 4 is 0 Å². The number of nitrogens with zero attached hydrogens (tertiary/aromatic N) is 1. The SMILES string of the molecule is COCCNCC(O)CN1CCCC(OC)C1. The van der Waals surface area contributed by atoms with Crippen LogP contribution < -0.4 is 5.32 Å². The fraction of sp³-hybridized carbons (Fsp3) is 1.00. The Hall–Kier alpha value is -0.200. The summed E-state index contributed by atoms with van der Waals surface area (Å²) in [5, 5.41) is 13.0. The summed E-state index contributed by atoms with van der Waals surface area (Å²) in [6, 6.07) is 0. The van der Waals surface area contributed by atoms with E-state index in [1.807, 2.05) is 0 Å². The molecule has 1 fully saturated rings. The summed E-state index contributed by atoms with van der Waals surface area (Å²) < 4.78 is 10.3. The highest BCUT2D eigenvalue weighted by atomic mass is 16.5. The molecule has 0 aromatic rings. The summed E-state index contributed by atoms with van der Waals surface area (Å²) in [4.78, 5) is 2.28. The van der Waals surface area contributed by atoms with Gasteiger partial charge in [0.2, 0.25) is 0 Å². The second-order valence-electron chi connectivity index (χ2n) is 4.61. The fourth-order valence-corrected chi connectivity index (χ4v) is 2.18.